The van der Waals surface area contributed by atoms with E-state index < -0.39 is 27.6 Å². The van der Waals surface area contributed by atoms with E-state index in [4.69, 9.17) is 24.7 Å². The molecule has 2 aromatic carbocycles. The Morgan fingerprint density at radius 1 is 1.18 bits per heavy atom. The fourth-order valence-corrected chi connectivity index (χ4v) is 5.54. The van der Waals surface area contributed by atoms with E-state index in [9.17, 15) is 13.2 Å². The van der Waals surface area contributed by atoms with Crippen LogP contribution in [0.15, 0.2) is 29.2 Å². The van der Waals surface area contributed by atoms with Crippen molar-refractivity contribution in [1.82, 2.24) is 4.72 Å². The predicted octanol–water partition coefficient (Wildman–Crippen LogP) is 2.58. The van der Waals surface area contributed by atoms with Crippen molar-refractivity contribution < 1.29 is 32.2 Å². The largest absolute Gasteiger partial charge is 0.496 e. The lowest BCUT2D eigenvalue weighted by Crippen LogP contribution is -2.48. The third-order valence-corrected chi connectivity index (χ3v) is 7.09. The number of carbonyl (C=O) groups excluding carboxylic acids is 1. The number of rotatable bonds is 8. The normalized spacial score (nSPS) is 14.1. The fourth-order valence-electron chi connectivity index (χ4n) is 3.85. The van der Waals surface area contributed by atoms with Crippen LogP contribution in [0.2, 0.25) is 0 Å². The van der Waals surface area contributed by atoms with Crippen molar-refractivity contribution in [3.05, 3.63) is 46.5 Å². The third kappa shape index (κ3) is 5.63. The summed E-state index contributed by atoms with van der Waals surface area (Å²) in [5.74, 6) is 1.13. The average Bonchev–Trinajstić information content (AvgIpc) is 3.20. The van der Waals surface area contributed by atoms with Gasteiger partial charge in [-0.25, -0.2) is 8.42 Å². The molecule has 186 valence electrons. The van der Waals surface area contributed by atoms with Crippen molar-refractivity contribution in [2.45, 2.75) is 57.6 Å². The molecule has 3 rings (SSSR count). The van der Waals surface area contributed by atoms with Crippen LogP contribution >= 0.6 is 0 Å². The van der Waals surface area contributed by atoms with E-state index in [0.29, 0.717) is 40.4 Å². The zero-order chi connectivity index (χ0) is 25.3. The first-order valence-electron chi connectivity index (χ1n) is 10.9. The van der Waals surface area contributed by atoms with E-state index in [1.165, 1.54) is 7.11 Å². The van der Waals surface area contributed by atoms with Gasteiger partial charge in [0, 0.05) is 18.5 Å². The van der Waals surface area contributed by atoms with Gasteiger partial charge in [0.15, 0.2) is 11.5 Å². The van der Waals surface area contributed by atoms with Crippen LogP contribution in [0.25, 0.3) is 0 Å². The molecule has 1 heterocycles. The van der Waals surface area contributed by atoms with Crippen molar-refractivity contribution >= 4 is 16.0 Å². The molecular formula is C24H32N2O7S. The standard InChI is InChI=1S/C24H32N2O7S/c1-14-9-20(30-6)17(10-16-7-8-19-21(11-16)32-13-31-19)15(2)22(14)34(28,29)26-18(12-25)23(27)33-24(3,4)5/h7-9,11,18,26H,10,12-13,25H2,1-6H3/t18-/m1/s1. The molecule has 0 amide bonds. The summed E-state index contributed by atoms with van der Waals surface area (Å²) in [4.78, 5) is 12.6. The van der Waals surface area contributed by atoms with Gasteiger partial charge in [0.25, 0.3) is 0 Å². The van der Waals surface area contributed by atoms with Gasteiger partial charge >= 0.3 is 5.97 Å². The van der Waals surface area contributed by atoms with Gasteiger partial charge < -0.3 is 24.7 Å². The molecule has 1 aliphatic rings. The molecule has 0 aliphatic carbocycles. The molecule has 0 fully saturated rings. The van der Waals surface area contributed by atoms with Crippen molar-refractivity contribution in [3.63, 3.8) is 0 Å². The minimum absolute atomic E-state index is 0.0750. The molecule has 3 N–H and O–H groups in total. The minimum atomic E-state index is -4.11. The van der Waals surface area contributed by atoms with E-state index in [2.05, 4.69) is 4.72 Å². The second-order valence-corrected chi connectivity index (χ2v) is 10.8. The Morgan fingerprint density at radius 3 is 2.47 bits per heavy atom. The first-order chi connectivity index (χ1) is 15.9. The van der Waals surface area contributed by atoms with E-state index in [1.54, 1.807) is 40.7 Å². The van der Waals surface area contributed by atoms with Crippen LogP contribution in [0.5, 0.6) is 17.2 Å². The summed E-state index contributed by atoms with van der Waals surface area (Å²) in [5.41, 5.74) is 7.53. The molecule has 2 aromatic rings. The number of hydrogen-bond acceptors (Lipinski definition) is 8. The number of aryl methyl sites for hydroxylation is 1. The monoisotopic (exact) mass is 492 g/mol. The maximum Gasteiger partial charge on any atom is 0.326 e. The van der Waals surface area contributed by atoms with Crippen LogP contribution in [-0.4, -0.2) is 46.5 Å². The number of benzene rings is 2. The summed E-state index contributed by atoms with van der Waals surface area (Å²) < 4.78 is 51.0. The van der Waals surface area contributed by atoms with Crippen LogP contribution in [0.4, 0.5) is 0 Å². The molecule has 0 bridgehead atoms. The number of sulfonamides is 1. The van der Waals surface area contributed by atoms with E-state index in [1.807, 2.05) is 18.2 Å². The van der Waals surface area contributed by atoms with Gasteiger partial charge in [-0.1, -0.05) is 6.07 Å². The Labute approximate surface area is 200 Å². The molecule has 0 saturated heterocycles. The van der Waals surface area contributed by atoms with Gasteiger partial charge in [-0.15, -0.1) is 0 Å². The van der Waals surface area contributed by atoms with Crippen LogP contribution in [0.1, 0.15) is 43.0 Å². The number of fused-ring (bicyclic) bond motifs is 1. The maximum absolute atomic E-state index is 13.4. The third-order valence-electron chi connectivity index (χ3n) is 5.33. The molecule has 0 aromatic heterocycles. The first-order valence-corrected chi connectivity index (χ1v) is 12.4. The highest BCUT2D eigenvalue weighted by Gasteiger charge is 2.31. The maximum atomic E-state index is 13.4. The van der Waals surface area contributed by atoms with Gasteiger partial charge in [0.05, 0.1) is 12.0 Å². The summed E-state index contributed by atoms with van der Waals surface area (Å²) in [7, 11) is -2.58. The van der Waals surface area contributed by atoms with Crippen molar-refractivity contribution in [3.8, 4) is 17.2 Å². The summed E-state index contributed by atoms with van der Waals surface area (Å²) in [5, 5.41) is 0. The highest BCUT2D eigenvalue weighted by molar-refractivity contribution is 7.89. The number of carbonyl (C=O) groups is 1. The Morgan fingerprint density at radius 2 is 1.85 bits per heavy atom. The molecule has 0 radical (unpaired) electrons. The lowest BCUT2D eigenvalue weighted by molar-refractivity contribution is -0.156. The Bertz CT molecular complexity index is 1190. The number of ether oxygens (including phenoxy) is 4. The lowest BCUT2D eigenvalue weighted by atomic mass is 9.97. The summed E-state index contributed by atoms with van der Waals surface area (Å²) in [6, 6.07) is 6.03. The average molecular weight is 493 g/mol. The molecule has 0 unspecified atom stereocenters. The minimum Gasteiger partial charge on any atom is -0.496 e. The zero-order valence-electron chi connectivity index (χ0n) is 20.4. The van der Waals surface area contributed by atoms with Crippen molar-refractivity contribution in [1.29, 1.82) is 0 Å². The van der Waals surface area contributed by atoms with Crippen LogP contribution in [-0.2, 0) is 26.0 Å². The summed E-state index contributed by atoms with van der Waals surface area (Å²) >= 11 is 0. The lowest BCUT2D eigenvalue weighted by Gasteiger charge is -2.25. The quantitative estimate of drug-likeness (QED) is 0.539. The molecular weight excluding hydrogens is 460 g/mol. The first kappa shape index (κ1) is 25.8. The molecule has 0 saturated carbocycles. The SMILES string of the molecule is COc1cc(C)c(S(=O)(=O)N[C@H](CN)C(=O)OC(C)(C)C)c(C)c1Cc1ccc2c(c1)OCO2. The van der Waals surface area contributed by atoms with Crippen LogP contribution < -0.4 is 24.7 Å². The number of esters is 1. The Balaban J connectivity index is 1.98. The van der Waals surface area contributed by atoms with Gasteiger partial charge in [-0.3, -0.25) is 4.79 Å². The predicted molar refractivity (Wildman–Crippen MR) is 127 cm³/mol. The second-order valence-electron chi connectivity index (χ2n) is 9.14. The second kappa shape index (κ2) is 9.81. The Kier molecular flexibility index (Phi) is 7.44. The Hall–Kier alpha value is -2.82. The van der Waals surface area contributed by atoms with E-state index in [0.717, 1.165) is 5.56 Å². The molecule has 0 spiro atoms. The molecule has 10 heteroatoms. The van der Waals surface area contributed by atoms with Crippen molar-refractivity contribution in [2.75, 3.05) is 20.4 Å². The number of hydrogen-bond donors (Lipinski definition) is 2. The molecule has 9 nitrogen and oxygen atoms in total. The molecule has 1 atom stereocenters. The smallest absolute Gasteiger partial charge is 0.326 e. The van der Waals surface area contributed by atoms with Gasteiger partial charge in [-0.05, 0) is 69.5 Å². The highest BCUT2D eigenvalue weighted by atomic mass is 32.2. The highest BCUT2D eigenvalue weighted by Crippen LogP contribution is 2.36. The molecule has 34 heavy (non-hydrogen) atoms. The number of nitrogens with one attached hydrogen (secondary N) is 1. The fraction of sp³-hybridized carbons (Fsp3) is 0.458. The van der Waals surface area contributed by atoms with E-state index >= 15 is 0 Å². The van der Waals surface area contributed by atoms with Gasteiger partial charge in [0.2, 0.25) is 16.8 Å². The molecule has 1 aliphatic heterocycles. The van der Waals surface area contributed by atoms with Crippen LogP contribution in [0, 0.1) is 13.8 Å². The van der Waals surface area contributed by atoms with Gasteiger partial charge in [0.1, 0.15) is 17.4 Å². The zero-order valence-corrected chi connectivity index (χ0v) is 21.2. The van der Waals surface area contributed by atoms with Crippen molar-refractivity contribution in [2.24, 2.45) is 5.73 Å². The van der Waals surface area contributed by atoms with Crippen LogP contribution in [0.3, 0.4) is 0 Å². The van der Waals surface area contributed by atoms with Gasteiger partial charge in [-0.2, -0.15) is 4.72 Å². The summed E-state index contributed by atoms with van der Waals surface area (Å²) in [6.07, 6.45) is 0.404. The van der Waals surface area contributed by atoms with E-state index in [-0.39, 0.29) is 18.2 Å². The summed E-state index contributed by atoms with van der Waals surface area (Å²) in [6.45, 7) is 8.43. The number of nitrogens with two attached hydrogens (primary N) is 1. The topological polar surface area (TPSA) is 126 Å². The number of methoxy groups -OCH3 is 1.